The van der Waals surface area contributed by atoms with Crippen LogP contribution >= 0.6 is 27.5 Å². The second-order valence-electron chi connectivity index (χ2n) is 4.18. The fraction of sp³-hybridized carbons (Fsp3) is 0.200. The number of methoxy groups -OCH3 is 1. The summed E-state index contributed by atoms with van der Waals surface area (Å²) in [5.74, 6) is 0.411. The van der Waals surface area contributed by atoms with E-state index in [1.807, 2.05) is 24.3 Å². The van der Waals surface area contributed by atoms with E-state index in [4.69, 9.17) is 16.3 Å². The van der Waals surface area contributed by atoms with E-state index in [2.05, 4.69) is 15.9 Å². The Balaban J connectivity index is 2.21. The standard InChI is InChI=1S/C15H13BrClFO/c1-19-15-7-6-12(18)9-13(15)14(16)8-10-2-4-11(17)5-3-10/h2-7,9,14H,8H2,1H3. The van der Waals surface area contributed by atoms with Crippen LogP contribution in [0, 0.1) is 5.82 Å². The molecule has 100 valence electrons. The van der Waals surface area contributed by atoms with Gasteiger partial charge in [0.2, 0.25) is 0 Å². The summed E-state index contributed by atoms with van der Waals surface area (Å²) in [4.78, 5) is -0.0145. The first-order valence-electron chi connectivity index (χ1n) is 5.82. The number of halogens is 3. The first-order chi connectivity index (χ1) is 9.10. The number of rotatable bonds is 4. The lowest BCUT2D eigenvalue weighted by Gasteiger charge is -2.14. The van der Waals surface area contributed by atoms with Crippen molar-refractivity contribution >= 4 is 27.5 Å². The maximum atomic E-state index is 13.3. The van der Waals surface area contributed by atoms with Gasteiger partial charge < -0.3 is 4.74 Å². The average Bonchev–Trinajstić information content (AvgIpc) is 2.41. The second kappa shape index (κ2) is 6.40. The predicted octanol–water partition coefficient (Wildman–Crippen LogP) is 5.17. The summed E-state index contributed by atoms with van der Waals surface area (Å²) in [6.07, 6.45) is 0.733. The number of ether oxygens (including phenoxy) is 1. The summed E-state index contributed by atoms with van der Waals surface area (Å²) >= 11 is 9.44. The van der Waals surface area contributed by atoms with Gasteiger partial charge in [0.05, 0.1) is 7.11 Å². The molecule has 19 heavy (non-hydrogen) atoms. The number of alkyl halides is 1. The van der Waals surface area contributed by atoms with Gasteiger partial charge in [-0.05, 0) is 42.3 Å². The Hall–Kier alpha value is -1.06. The van der Waals surface area contributed by atoms with Gasteiger partial charge in [-0.2, -0.15) is 0 Å². The first kappa shape index (κ1) is 14.4. The zero-order valence-electron chi connectivity index (χ0n) is 10.4. The molecule has 0 aliphatic heterocycles. The number of hydrogen-bond acceptors (Lipinski definition) is 1. The fourth-order valence-electron chi connectivity index (χ4n) is 1.89. The van der Waals surface area contributed by atoms with Crippen LogP contribution in [-0.4, -0.2) is 7.11 Å². The fourth-order valence-corrected chi connectivity index (χ4v) is 2.74. The minimum absolute atomic E-state index is 0.0145. The van der Waals surface area contributed by atoms with E-state index in [1.165, 1.54) is 12.1 Å². The summed E-state index contributed by atoms with van der Waals surface area (Å²) in [6.45, 7) is 0. The third-order valence-electron chi connectivity index (χ3n) is 2.86. The molecule has 0 amide bonds. The van der Waals surface area contributed by atoms with E-state index in [9.17, 15) is 4.39 Å². The molecule has 0 radical (unpaired) electrons. The van der Waals surface area contributed by atoms with Crippen molar-refractivity contribution in [3.8, 4) is 5.75 Å². The van der Waals surface area contributed by atoms with Crippen molar-refractivity contribution in [2.75, 3.05) is 7.11 Å². The zero-order valence-corrected chi connectivity index (χ0v) is 12.7. The Morgan fingerprint density at radius 3 is 2.53 bits per heavy atom. The van der Waals surface area contributed by atoms with Gasteiger partial charge in [-0.25, -0.2) is 4.39 Å². The van der Waals surface area contributed by atoms with Gasteiger partial charge in [0.1, 0.15) is 11.6 Å². The van der Waals surface area contributed by atoms with Gasteiger partial charge in [-0.1, -0.05) is 39.7 Å². The molecule has 0 fully saturated rings. The first-order valence-corrected chi connectivity index (χ1v) is 7.11. The van der Waals surface area contributed by atoms with Crippen molar-refractivity contribution in [2.24, 2.45) is 0 Å². The monoisotopic (exact) mass is 342 g/mol. The molecule has 2 aromatic rings. The van der Waals surface area contributed by atoms with Gasteiger partial charge in [0.25, 0.3) is 0 Å². The van der Waals surface area contributed by atoms with Gasteiger partial charge in [-0.15, -0.1) is 0 Å². The molecule has 4 heteroatoms. The molecule has 0 aliphatic rings. The second-order valence-corrected chi connectivity index (χ2v) is 5.73. The van der Waals surface area contributed by atoms with Crippen LogP contribution in [0.1, 0.15) is 16.0 Å². The van der Waals surface area contributed by atoms with Crippen LogP contribution in [0.5, 0.6) is 5.75 Å². The molecule has 0 aliphatic carbocycles. The molecule has 0 aromatic heterocycles. The Bertz CT molecular complexity index is 557. The lowest BCUT2D eigenvalue weighted by atomic mass is 10.0. The van der Waals surface area contributed by atoms with Crippen molar-refractivity contribution in [3.63, 3.8) is 0 Å². The molecule has 2 aromatic carbocycles. The molecule has 1 nitrogen and oxygen atoms in total. The van der Waals surface area contributed by atoms with Gasteiger partial charge in [0, 0.05) is 15.4 Å². The van der Waals surface area contributed by atoms with Crippen molar-refractivity contribution in [2.45, 2.75) is 11.2 Å². The highest BCUT2D eigenvalue weighted by molar-refractivity contribution is 9.09. The van der Waals surface area contributed by atoms with Crippen LogP contribution in [0.3, 0.4) is 0 Å². The van der Waals surface area contributed by atoms with E-state index >= 15 is 0 Å². The van der Waals surface area contributed by atoms with Crippen LogP contribution in [0.2, 0.25) is 5.02 Å². The molecule has 0 saturated carbocycles. The third kappa shape index (κ3) is 3.71. The molecular weight excluding hydrogens is 331 g/mol. The molecular formula is C15H13BrClFO. The SMILES string of the molecule is COc1ccc(F)cc1C(Br)Cc1ccc(Cl)cc1. The molecule has 0 saturated heterocycles. The van der Waals surface area contributed by atoms with E-state index in [-0.39, 0.29) is 10.6 Å². The quantitative estimate of drug-likeness (QED) is 0.696. The Labute approximate surface area is 125 Å². The summed E-state index contributed by atoms with van der Waals surface area (Å²) in [6, 6.07) is 12.1. The summed E-state index contributed by atoms with van der Waals surface area (Å²) in [7, 11) is 1.58. The average molecular weight is 344 g/mol. The molecule has 0 N–H and O–H groups in total. The molecule has 2 rings (SSSR count). The van der Waals surface area contributed by atoms with Crippen molar-refractivity contribution in [1.82, 2.24) is 0 Å². The number of hydrogen-bond donors (Lipinski definition) is 0. The summed E-state index contributed by atoms with van der Waals surface area (Å²) < 4.78 is 18.6. The van der Waals surface area contributed by atoms with E-state index in [1.54, 1.807) is 13.2 Å². The van der Waals surface area contributed by atoms with E-state index in [0.29, 0.717) is 10.8 Å². The smallest absolute Gasteiger partial charge is 0.123 e. The largest absolute Gasteiger partial charge is 0.496 e. The van der Waals surface area contributed by atoms with Crippen LogP contribution in [-0.2, 0) is 6.42 Å². The van der Waals surface area contributed by atoms with Crippen LogP contribution in [0.15, 0.2) is 42.5 Å². The van der Waals surface area contributed by atoms with Crippen LogP contribution in [0.25, 0.3) is 0 Å². The molecule has 1 atom stereocenters. The van der Waals surface area contributed by atoms with Crippen LogP contribution < -0.4 is 4.74 Å². The van der Waals surface area contributed by atoms with E-state index in [0.717, 1.165) is 17.5 Å². The summed E-state index contributed by atoms with van der Waals surface area (Å²) in [5, 5.41) is 0.707. The molecule has 0 heterocycles. The minimum atomic E-state index is -0.267. The minimum Gasteiger partial charge on any atom is -0.496 e. The highest BCUT2D eigenvalue weighted by Gasteiger charge is 2.14. The third-order valence-corrected chi connectivity index (χ3v) is 3.93. The normalized spacial score (nSPS) is 12.2. The van der Waals surface area contributed by atoms with E-state index < -0.39 is 0 Å². The van der Waals surface area contributed by atoms with Gasteiger partial charge >= 0.3 is 0 Å². The topological polar surface area (TPSA) is 9.23 Å². The van der Waals surface area contributed by atoms with Crippen molar-refractivity contribution in [1.29, 1.82) is 0 Å². The predicted molar refractivity (Wildman–Crippen MR) is 79.8 cm³/mol. The highest BCUT2D eigenvalue weighted by atomic mass is 79.9. The van der Waals surface area contributed by atoms with Crippen molar-refractivity contribution < 1.29 is 9.13 Å². The molecule has 0 spiro atoms. The molecule has 0 bridgehead atoms. The maximum Gasteiger partial charge on any atom is 0.123 e. The zero-order chi connectivity index (χ0) is 13.8. The summed E-state index contributed by atoms with van der Waals surface area (Å²) in [5.41, 5.74) is 1.93. The Morgan fingerprint density at radius 1 is 1.21 bits per heavy atom. The maximum absolute atomic E-state index is 13.3. The molecule has 1 unspecified atom stereocenters. The lowest BCUT2D eigenvalue weighted by Crippen LogP contribution is -1.99. The van der Waals surface area contributed by atoms with Crippen molar-refractivity contribution in [3.05, 3.63) is 64.4 Å². The Kier molecular flexibility index (Phi) is 4.83. The van der Waals surface area contributed by atoms with Gasteiger partial charge in [0.15, 0.2) is 0 Å². The number of benzene rings is 2. The van der Waals surface area contributed by atoms with Gasteiger partial charge in [-0.3, -0.25) is 0 Å². The van der Waals surface area contributed by atoms with Crippen LogP contribution in [0.4, 0.5) is 4.39 Å². The lowest BCUT2D eigenvalue weighted by molar-refractivity contribution is 0.408. The Morgan fingerprint density at radius 2 is 1.89 bits per heavy atom. The highest BCUT2D eigenvalue weighted by Crippen LogP contribution is 2.34.